The maximum absolute atomic E-state index is 12.2. The van der Waals surface area contributed by atoms with Crippen molar-refractivity contribution in [2.24, 2.45) is 5.73 Å². The van der Waals surface area contributed by atoms with Crippen LogP contribution >= 0.6 is 11.6 Å². The number of amides is 1. The zero-order chi connectivity index (χ0) is 15.2. The highest BCUT2D eigenvalue weighted by atomic mass is 35.5. The van der Waals surface area contributed by atoms with Crippen molar-refractivity contribution in [2.75, 3.05) is 6.54 Å². The number of halogens is 1. The summed E-state index contributed by atoms with van der Waals surface area (Å²) in [7, 11) is 0. The fourth-order valence-corrected chi connectivity index (χ4v) is 2.22. The molecule has 21 heavy (non-hydrogen) atoms. The first kappa shape index (κ1) is 15.5. The molecule has 1 aromatic heterocycles. The zero-order valence-electron chi connectivity index (χ0n) is 11.8. The number of rotatable bonds is 6. The molecule has 1 amide bonds. The highest BCUT2D eigenvalue weighted by Crippen LogP contribution is 2.20. The third kappa shape index (κ3) is 4.03. The lowest BCUT2D eigenvalue weighted by Crippen LogP contribution is -2.28. The molecular formula is C14H18ClN5O. The topological polar surface area (TPSA) is 85.8 Å². The van der Waals surface area contributed by atoms with E-state index >= 15 is 0 Å². The fraction of sp³-hybridized carbons (Fsp3) is 0.357. The summed E-state index contributed by atoms with van der Waals surface area (Å²) in [4.78, 5) is 12.2. The van der Waals surface area contributed by atoms with Crippen molar-refractivity contribution in [2.45, 2.75) is 25.9 Å². The van der Waals surface area contributed by atoms with Crippen molar-refractivity contribution < 1.29 is 4.79 Å². The summed E-state index contributed by atoms with van der Waals surface area (Å²) in [5.41, 5.74) is 6.68. The lowest BCUT2D eigenvalue weighted by Gasteiger charge is -2.16. The largest absolute Gasteiger partial charge is 0.344 e. The summed E-state index contributed by atoms with van der Waals surface area (Å²) in [6.45, 7) is 2.98. The summed E-state index contributed by atoms with van der Waals surface area (Å²) < 4.78 is 1.55. The van der Waals surface area contributed by atoms with Crippen molar-refractivity contribution in [1.82, 2.24) is 20.3 Å². The van der Waals surface area contributed by atoms with Crippen LogP contribution in [0.15, 0.2) is 30.5 Å². The molecule has 1 aromatic carbocycles. The molecule has 0 aliphatic carbocycles. The summed E-state index contributed by atoms with van der Waals surface area (Å²) in [6.07, 6.45) is 2.34. The molecule has 1 unspecified atom stereocenters. The molecule has 0 aliphatic heterocycles. The van der Waals surface area contributed by atoms with Crippen molar-refractivity contribution in [3.8, 4) is 0 Å². The van der Waals surface area contributed by atoms with E-state index in [0.717, 1.165) is 12.0 Å². The highest BCUT2D eigenvalue weighted by molar-refractivity contribution is 6.30. The molecule has 0 saturated heterocycles. The van der Waals surface area contributed by atoms with E-state index in [1.807, 2.05) is 25.1 Å². The molecule has 3 N–H and O–H groups in total. The van der Waals surface area contributed by atoms with Gasteiger partial charge in [0.15, 0.2) is 5.69 Å². The van der Waals surface area contributed by atoms with Crippen LogP contribution in [0.1, 0.15) is 35.4 Å². The maximum atomic E-state index is 12.2. The Morgan fingerprint density at radius 3 is 3.00 bits per heavy atom. The standard InChI is InChI=1S/C14H18ClN5O/c1-2-12(10-4-3-5-11(15)8-10)17-14(21)13-9-20(7-6-16)19-18-13/h3-5,8-9,12H,2,6-7,16H2,1H3,(H,17,21). The minimum absolute atomic E-state index is 0.115. The van der Waals surface area contributed by atoms with Gasteiger partial charge in [-0.25, -0.2) is 0 Å². The number of hydrogen-bond donors (Lipinski definition) is 2. The minimum atomic E-state index is -0.259. The molecule has 2 rings (SSSR count). The molecule has 1 heterocycles. The van der Waals surface area contributed by atoms with Gasteiger partial charge in [0.25, 0.3) is 5.91 Å². The quantitative estimate of drug-likeness (QED) is 0.851. The lowest BCUT2D eigenvalue weighted by molar-refractivity contribution is 0.0930. The zero-order valence-corrected chi connectivity index (χ0v) is 12.5. The second kappa shape index (κ2) is 7.19. The van der Waals surface area contributed by atoms with Gasteiger partial charge in [0.05, 0.1) is 18.8 Å². The van der Waals surface area contributed by atoms with Gasteiger partial charge in [-0.1, -0.05) is 35.9 Å². The first-order valence-corrected chi connectivity index (χ1v) is 7.18. The molecular weight excluding hydrogens is 290 g/mol. The van der Waals surface area contributed by atoms with E-state index in [2.05, 4.69) is 15.6 Å². The minimum Gasteiger partial charge on any atom is -0.344 e. The van der Waals surface area contributed by atoms with Gasteiger partial charge < -0.3 is 11.1 Å². The SMILES string of the molecule is CCC(NC(=O)c1cn(CCN)nn1)c1cccc(Cl)c1. The van der Waals surface area contributed by atoms with Crippen LogP contribution < -0.4 is 11.1 Å². The van der Waals surface area contributed by atoms with Crippen LogP contribution in [-0.4, -0.2) is 27.4 Å². The number of nitrogens with zero attached hydrogens (tertiary/aromatic N) is 3. The second-order valence-corrected chi connectivity index (χ2v) is 5.08. The molecule has 112 valence electrons. The van der Waals surface area contributed by atoms with Gasteiger partial charge in [0.1, 0.15) is 0 Å². The number of carbonyl (C=O) groups is 1. The van der Waals surface area contributed by atoms with E-state index < -0.39 is 0 Å². The van der Waals surface area contributed by atoms with Gasteiger partial charge in [-0.2, -0.15) is 0 Å². The number of aromatic nitrogens is 3. The molecule has 2 aromatic rings. The van der Waals surface area contributed by atoms with Crippen LogP contribution in [0, 0.1) is 0 Å². The van der Waals surface area contributed by atoms with E-state index in [4.69, 9.17) is 17.3 Å². The Morgan fingerprint density at radius 1 is 1.52 bits per heavy atom. The van der Waals surface area contributed by atoms with Gasteiger partial charge in [0.2, 0.25) is 0 Å². The van der Waals surface area contributed by atoms with Crippen LogP contribution in [0.4, 0.5) is 0 Å². The summed E-state index contributed by atoms with van der Waals surface area (Å²) in [5, 5.41) is 11.3. The van der Waals surface area contributed by atoms with Crippen LogP contribution in [0.5, 0.6) is 0 Å². The van der Waals surface area contributed by atoms with Gasteiger partial charge in [-0.15, -0.1) is 5.10 Å². The van der Waals surface area contributed by atoms with Crippen molar-refractivity contribution >= 4 is 17.5 Å². The van der Waals surface area contributed by atoms with Gasteiger partial charge >= 0.3 is 0 Å². The molecule has 0 aliphatic rings. The van der Waals surface area contributed by atoms with Crippen LogP contribution in [-0.2, 0) is 6.54 Å². The number of nitrogens with two attached hydrogens (primary N) is 1. The van der Waals surface area contributed by atoms with Crippen molar-refractivity contribution in [1.29, 1.82) is 0 Å². The van der Waals surface area contributed by atoms with Gasteiger partial charge in [-0.05, 0) is 24.1 Å². The predicted molar refractivity (Wildman–Crippen MR) is 81.0 cm³/mol. The first-order valence-electron chi connectivity index (χ1n) is 6.80. The van der Waals surface area contributed by atoms with Crippen LogP contribution in [0.2, 0.25) is 5.02 Å². The molecule has 0 spiro atoms. The maximum Gasteiger partial charge on any atom is 0.273 e. The number of carbonyl (C=O) groups excluding carboxylic acids is 1. The predicted octanol–water partition coefficient (Wildman–Crippen LogP) is 1.77. The molecule has 7 heteroatoms. The van der Waals surface area contributed by atoms with Crippen molar-refractivity contribution in [3.05, 3.63) is 46.7 Å². The summed E-state index contributed by atoms with van der Waals surface area (Å²) in [6, 6.07) is 7.34. The molecule has 0 bridgehead atoms. The molecule has 0 radical (unpaired) electrons. The monoisotopic (exact) mass is 307 g/mol. The van der Waals surface area contributed by atoms with Gasteiger partial charge in [0, 0.05) is 11.6 Å². The average Bonchev–Trinajstić information content (AvgIpc) is 2.93. The Kier molecular flexibility index (Phi) is 5.30. The smallest absolute Gasteiger partial charge is 0.273 e. The lowest BCUT2D eigenvalue weighted by atomic mass is 10.0. The first-order chi connectivity index (χ1) is 10.1. The third-order valence-electron chi connectivity index (χ3n) is 3.09. The molecule has 1 atom stereocenters. The average molecular weight is 308 g/mol. The fourth-order valence-electron chi connectivity index (χ4n) is 2.02. The van der Waals surface area contributed by atoms with Gasteiger partial charge in [-0.3, -0.25) is 9.48 Å². The Labute approximate surface area is 128 Å². The number of hydrogen-bond acceptors (Lipinski definition) is 4. The Morgan fingerprint density at radius 2 is 2.33 bits per heavy atom. The highest BCUT2D eigenvalue weighted by Gasteiger charge is 2.16. The van der Waals surface area contributed by atoms with Crippen molar-refractivity contribution in [3.63, 3.8) is 0 Å². The van der Waals surface area contributed by atoms with E-state index in [-0.39, 0.29) is 17.6 Å². The summed E-state index contributed by atoms with van der Waals surface area (Å²) >= 11 is 5.99. The number of benzene rings is 1. The van der Waals surface area contributed by atoms with Crippen LogP contribution in [0.3, 0.4) is 0 Å². The Bertz CT molecular complexity index is 613. The third-order valence-corrected chi connectivity index (χ3v) is 3.33. The molecule has 6 nitrogen and oxygen atoms in total. The van der Waals surface area contributed by atoms with E-state index in [0.29, 0.717) is 18.1 Å². The molecule has 0 saturated carbocycles. The molecule has 0 fully saturated rings. The second-order valence-electron chi connectivity index (χ2n) is 4.64. The Balaban J connectivity index is 2.08. The summed E-state index contributed by atoms with van der Waals surface area (Å²) in [5.74, 6) is -0.259. The van der Waals surface area contributed by atoms with E-state index in [1.165, 1.54) is 0 Å². The normalized spacial score (nSPS) is 12.1. The van der Waals surface area contributed by atoms with Crippen LogP contribution in [0.25, 0.3) is 0 Å². The Hall–Kier alpha value is -1.92. The number of nitrogens with one attached hydrogen (secondary N) is 1. The van der Waals surface area contributed by atoms with E-state index in [1.54, 1.807) is 16.9 Å². The van der Waals surface area contributed by atoms with E-state index in [9.17, 15) is 4.79 Å².